The lowest BCUT2D eigenvalue weighted by molar-refractivity contribution is -0.138. The molecule has 40 heavy (non-hydrogen) atoms. The van der Waals surface area contributed by atoms with E-state index < -0.39 is 22.0 Å². The molecule has 4 aliphatic carbocycles. The van der Waals surface area contributed by atoms with Gasteiger partial charge in [0.1, 0.15) is 12.6 Å². The lowest BCUT2D eigenvalue weighted by Gasteiger charge is -2.57. The summed E-state index contributed by atoms with van der Waals surface area (Å²) in [5, 5.41) is 2.79. The van der Waals surface area contributed by atoms with E-state index in [0.717, 1.165) is 29.6 Å². The number of hydrogen-bond donors (Lipinski definition) is 1. The van der Waals surface area contributed by atoms with Crippen LogP contribution in [0.15, 0.2) is 54.6 Å². The molecule has 8 heteroatoms. The number of likely N-dealkylation sites (N-methyl/N-ethyl adjacent to an activating group) is 1. The SMILES string of the molecule is CCNC(=O)[C@H](C)N(CCc1ccccc1)C(=O)CN(c1ccc(C23CC4CC(CC(C4)C2)C3)cc1)S(C)(=O)=O. The Bertz CT molecular complexity index is 1270. The van der Waals surface area contributed by atoms with Crippen LogP contribution in [0.1, 0.15) is 63.5 Å². The third kappa shape index (κ3) is 6.07. The highest BCUT2D eigenvalue weighted by molar-refractivity contribution is 7.92. The predicted octanol–water partition coefficient (Wildman–Crippen LogP) is 4.52. The highest BCUT2D eigenvalue weighted by atomic mass is 32.2. The molecule has 216 valence electrons. The summed E-state index contributed by atoms with van der Waals surface area (Å²) in [6.07, 6.45) is 9.52. The van der Waals surface area contributed by atoms with Gasteiger partial charge in [0.05, 0.1) is 11.9 Å². The summed E-state index contributed by atoms with van der Waals surface area (Å²) < 4.78 is 27.1. The highest BCUT2D eigenvalue weighted by Crippen LogP contribution is 2.60. The maximum absolute atomic E-state index is 13.7. The lowest BCUT2D eigenvalue weighted by atomic mass is 9.48. The third-order valence-electron chi connectivity index (χ3n) is 9.49. The summed E-state index contributed by atoms with van der Waals surface area (Å²) >= 11 is 0. The lowest BCUT2D eigenvalue weighted by Crippen LogP contribution is -2.52. The number of rotatable bonds is 11. The van der Waals surface area contributed by atoms with Crippen molar-refractivity contribution in [2.24, 2.45) is 17.8 Å². The zero-order chi connectivity index (χ0) is 28.5. The van der Waals surface area contributed by atoms with Gasteiger partial charge < -0.3 is 10.2 Å². The fourth-order valence-corrected chi connectivity index (χ4v) is 8.80. The Morgan fingerprint density at radius 3 is 2.05 bits per heavy atom. The van der Waals surface area contributed by atoms with Crippen molar-refractivity contribution < 1.29 is 18.0 Å². The van der Waals surface area contributed by atoms with Crippen LogP contribution >= 0.6 is 0 Å². The second-order valence-corrected chi connectivity index (χ2v) is 14.3. The minimum Gasteiger partial charge on any atom is -0.355 e. The molecule has 4 aliphatic rings. The van der Waals surface area contributed by atoms with Crippen molar-refractivity contribution in [1.29, 1.82) is 0 Å². The van der Waals surface area contributed by atoms with Gasteiger partial charge in [-0.25, -0.2) is 8.42 Å². The third-order valence-corrected chi connectivity index (χ3v) is 10.6. The summed E-state index contributed by atoms with van der Waals surface area (Å²) in [5.74, 6) is 1.82. The molecule has 2 amide bonds. The molecule has 4 fully saturated rings. The number of amides is 2. The average molecular weight is 566 g/mol. The topological polar surface area (TPSA) is 86.8 Å². The minimum absolute atomic E-state index is 0.218. The normalized spacial score (nSPS) is 25.8. The van der Waals surface area contributed by atoms with E-state index in [-0.39, 0.29) is 17.9 Å². The summed E-state index contributed by atoms with van der Waals surface area (Å²) in [6.45, 7) is 3.94. The van der Waals surface area contributed by atoms with Crippen LogP contribution in [0.2, 0.25) is 0 Å². The van der Waals surface area contributed by atoms with E-state index >= 15 is 0 Å². The van der Waals surface area contributed by atoms with Crippen LogP contribution in [0.3, 0.4) is 0 Å². The quantitative estimate of drug-likeness (QED) is 0.434. The number of sulfonamides is 1. The fraction of sp³-hybridized carbons (Fsp3) is 0.562. The summed E-state index contributed by atoms with van der Waals surface area (Å²) in [5.41, 5.74) is 3.06. The Morgan fingerprint density at radius 1 is 0.950 bits per heavy atom. The molecule has 4 bridgehead atoms. The Hall–Kier alpha value is -2.87. The van der Waals surface area contributed by atoms with Gasteiger partial charge in [0.15, 0.2) is 0 Å². The standard InChI is InChI=1S/C32H43N3O4S/c1-4-33-31(37)23(2)34(15-14-24-8-6-5-7-9-24)30(36)22-35(40(3,38)39)29-12-10-28(11-13-29)32-19-25-16-26(20-32)18-27(17-25)21-32/h5-13,23,25-27H,4,14-22H2,1-3H3,(H,33,37)/t23-,25?,26?,27?,32?/m0/s1. The number of benzene rings is 2. The van der Waals surface area contributed by atoms with Crippen molar-refractivity contribution in [3.63, 3.8) is 0 Å². The summed E-state index contributed by atoms with van der Waals surface area (Å²) in [7, 11) is -3.74. The zero-order valence-electron chi connectivity index (χ0n) is 24.0. The molecule has 2 aromatic carbocycles. The first-order valence-electron chi connectivity index (χ1n) is 14.8. The van der Waals surface area contributed by atoms with Gasteiger partial charge in [0.25, 0.3) is 0 Å². The van der Waals surface area contributed by atoms with Crippen molar-refractivity contribution in [3.8, 4) is 0 Å². The van der Waals surface area contributed by atoms with Gasteiger partial charge in [-0.15, -0.1) is 0 Å². The molecule has 0 spiro atoms. The number of nitrogens with one attached hydrogen (secondary N) is 1. The Balaban J connectivity index is 1.35. The molecule has 0 aromatic heterocycles. The van der Waals surface area contributed by atoms with Gasteiger partial charge in [-0.3, -0.25) is 13.9 Å². The van der Waals surface area contributed by atoms with Crippen LogP contribution in [0.25, 0.3) is 0 Å². The van der Waals surface area contributed by atoms with Crippen molar-refractivity contribution in [1.82, 2.24) is 10.2 Å². The highest BCUT2D eigenvalue weighted by Gasteiger charge is 2.51. The number of anilines is 1. The predicted molar refractivity (Wildman–Crippen MR) is 158 cm³/mol. The largest absolute Gasteiger partial charge is 0.355 e. The van der Waals surface area contributed by atoms with Crippen LogP contribution in [0, 0.1) is 17.8 Å². The molecule has 7 nitrogen and oxygen atoms in total. The van der Waals surface area contributed by atoms with Crippen molar-refractivity contribution in [3.05, 3.63) is 65.7 Å². The molecule has 0 heterocycles. The maximum Gasteiger partial charge on any atom is 0.244 e. The molecule has 2 aromatic rings. The van der Waals surface area contributed by atoms with Gasteiger partial charge in [0.2, 0.25) is 21.8 Å². The molecule has 0 unspecified atom stereocenters. The van der Waals surface area contributed by atoms with Crippen molar-refractivity contribution >= 4 is 27.5 Å². The second-order valence-electron chi connectivity index (χ2n) is 12.4. The van der Waals surface area contributed by atoms with E-state index in [9.17, 15) is 18.0 Å². The van der Waals surface area contributed by atoms with E-state index in [0.29, 0.717) is 25.2 Å². The van der Waals surface area contributed by atoms with E-state index in [1.165, 1.54) is 53.3 Å². The fourth-order valence-electron chi connectivity index (χ4n) is 7.95. The van der Waals surface area contributed by atoms with Crippen LogP contribution in [-0.2, 0) is 31.4 Å². The van der Waals surface area contributed by atoms with Crippen molar-refractivity contribution in [2.75, 3.05) is 30.2 Å². The van der Waals surface area contributed by atoms with E-state index in [4.69, 9.17) is 0 Å². The Kier molecular flexibility index (Phi) is 8.27. The van der Waals surface area contributed by atoms with Gasteiger partial charge in [0, 0.05) is 13.1 Å². The number of hydrogen-bond acceptors (Lipinski definition) is 4. The molecular weight excluding hydrogens is 522 g/mol. The summed E-state index contributed by atoms with van der Waals surface area (Å²) in [4.78, 5) is 27.9. The van der Waals surface area contributed by atoms with Crippen LogP contribution in [0.4, 0.5) is 5.69 Å². The summed E-state index contributed by atoms with van der Waals surface area (Å²) in [6, 6.07) is 17.0. The molecule has 1 atom stereocenters. The van der Waals surface area contributed by atoms with Gasteiger partial charge >= 0.3 is 0 Å². The Morgan fingerprint density at radius 2 is 1.52 bits per heavy atom. The van der Waals surface area contributed by atoms with Crippen LogP contribution in [-0.4, -0.2) is 57.1 Å². The van der Waals surface area contributed by atoms with Crippen molar-refractivity contribution in [2.45, 2.75) is 70.3 Å². The number of carbonyl (C=O) groups is 2. The second kappa shape index (κ2) is 11.6. The number of carbonyl (C=O) groups excluding carboxylic acids is 2. The monoisotopic (exact) mass is 565 g/mol. The average Bonchev–Trinajstić information content (AvgIpc) is 2.91. The van der Waals surface area contributed by atoms with Gasteiger partial charge in [-0.2, -0.15) is 0 Å². The number of nitrogens with zero attached hydrogens (tertiary/aromatic N) is 2. The molecule has 0 aliphatic heterocycles. The zero-order valence-corrected chi connectivity index (χ0v) is 24.8. The van der Waals surface area contributed by atoms with Gasteiger partial charge in [-0.1, -0.05) is 42.5 Å². The van der Waals surface area contributed by atoms with Crippen LogP contribution < -0.4 is 9.62 Å². The molecule has 4 saturated carbocycles. The smallest absolute Gasteiger partial charge is 0.244 e. The first-order valence-corrected chi connectivity index (χ1v) is 16.6. The molecule has 0 saturated heterocycles. The van der Waals surface area contributed by atoms with E-state index in [2.05, 4.69) is 17.4 Å². The minimum atomic E-state index is -3.74. The maximum atomic E-state index is 13.7. The van der Waals surface area contributed by atoms with Crippen LogP contribution in [0.5, 0.6) is 0 Å². The molecule has 6 rings (SSSR count). The first-order chi connectivity index (χ1) is 19.1. The molecule has 1 N–H and O–H groups in total. The Labute approximate surface area is 239 Å². The van der Waals surface area contributed by atoms with E-state index in [1.54, 1.807) is 6.92 Å². The van der Waals surface area contributed by atoms with Gasteiger partial charge in [-0.05, 0) is 105 Å². The first kappa shape index (κ1) is 28.7. The molecule has 0 radical (unpaired) electrons. The van der Waals surface area contributed by atoms with E-state index in [1.807, 2.05) is 49.4 Å². The molecular formula is C32H43N3O4S.